The molecule has 0 bridgehead atoms. The minimum absolute atomic E-state index is 0.0181. The van der Waals surface area contributed by atoms with Crippen molar-refractivity contribution < 1.29 is 18.3 Å². The van der Waals surface area contributed by atoms with E-state index in [1.807, 2.05) is 12.1 Å². The summed E-state index contributed by atoms with van der Waals surface area (Å²) in [5, 5.41) is 5.42. The average molecular weight is 408 g/mol. The van der Waals surface area contributed by atoms with Crippen LogP contribution in [0.3, 0.4) is 0 Å². The Kier molecular flexibility index (Phi) is 5.14. The third-order valence-corrected chi connectivity index (χ3v) is 4.72. The molecular formula is C22H18F2N4O2. The van der Waals surface area contributed by atoms with Crippen molar-refractivity contribution in [2.45, 2.75) is 20.5 Å². The smallest absolute Gasteiger partial charge is 0.387 e. The van der Waals surface area contributed by atoms with Crippen molar-refractivity contribution in [3.63, 3.8) is 0 Å². The highest BCUT2D eigenvalue weighted by Crippen LogP contribution is 2.31. The van der Waals surface area contributed by atoms with Crippen LogP contribution in [0, 0.1) is 6.92 Å². The van der Waals surface area contributed by atoms with E-state index >= 15 is 0 Å². The molecule has 2 heterocycles. The molecule has 0 aliphatic heterocycles. The molecule has 0 atom stereocenters. The van der Waals surface area contributed by atoms with E-state index in [0.29, 0.717) is 33.7 Å². The minimum Gasteiger partial charge on any atom is -0.433 e. The molecular weight excluding hydrogens is 390 g/mol. The van der Waals surface area contributed by atoms with Crippen LogP contribution in [-0.2, 0) is 0 Å². The number of carbonyl (C=O) groups excluding carboxylic acids is 1. The molecule has 0 spiro atoms. The fourth-order valence-electron chi connectivity index (χ4n) is 3.38. The van der Waals surface area contributed by atoms with E-state index < -0.39 is 12.5 Å². The summed E-state index contributed by atoms with van der Waals surface area (Å²) in [6.45, 7) is 0.359. The molecule has 2 aromatic heterocycles. The molecule has 0 saturated heterocycles. The van der Waals surface area contributed by atoms with Gasteiger partial charge in [-0.15, -0.1) is 0 Å². The zero-order valence-corrected chi connectivity index (χ0v) is 16.3. The Hall–Kier alpha value is -3.81. The Morgan fingerprint density at radius 1 is 1.13 bits per heavy atom. The predicted molar refractivity (Wildman–Crippen MR) is 110 cm³/mol. The van der Waals surface area contributed by atoms with Gasteiger partial charge in [-0.2, -0.15) is 13.9 Å². The Labute approximate surface area is 170 Å². The second kappa shape index (κ2) is 7.90. The van der Waals surface area contributed by atoms with E-state index in [1.165, 1.54) is 0 Å². The molecule has 4 aromatic rings. The molecule has 30 heavy (non-hydrogen) atoms. The maximum Gasteiger partial charge on any atom is 0.387 e. The number of hydrogen-bond donors (Lipinski definition) is 1. The first-order valence-electron chi connectivity index (χ1n) is 9.21. The molecule has 0 fully saturated rings. The molecule has 1 N–H and O–H groups in total. The quantitative estimate of drug-likeness (QED) is 0.389. The van der Waals surface area contributed by atoms with Crippen LogP contribution >= 0.6 is 0 Å². The van der Waals surface area contributed by atoms with Crippen molar-refractivity contribution in [2.24, 2.45) is 5.10 Å². The van der Waals surface area contributed by atoms with Gasteiger partial charge >= 0.3 is 6.61 Å². The van der Waals surface area contributed by atoms with Crippen molar-refractivity contribution >= 4 is 28.0 Å². The second-order valence-corrected chi connectivity index (χ2v) is 6.65. The van der Waals surface area contributed by atoms with Gasteiger partial charge < -0.3 is 4.74 Å². The highest BCUT2D eigenvalue weighted by Gasteiger charge is 2.18. The monoisotopic (exact) mass is 408 g/mol. The number of pyridine rings is 1. The van der Waals surface area contributed by atoms with Gasteiger partial charge in [-0.25, -0.2) is 10.4 Å². The topological polar surface area (TPSA) is 68.0 Å². The maximum absolute atomic E-state index is 13.0. The van der Waals surface area contributed by atoms with Crippen molar-refractivity contribution in [3.05, 3.63) is 77.7 Å². The van der Waals surface area contributed by atoms with E-state index in [-0.39, 0.29) is 5.75 Å². The van der Waals surface area contributed by atoms with Crippen LogP contribution in [0.1, 0.15) is 28.7 Å². The van der Waals surface area contributed by atoms with Crippen LogP contribution in [0.2, 0.25) is 0 Å². The van der Waals surface area contributed by atoms with Gasteiger partial charge in [-0.1, -0.05) is 36.4 Å². The first-order chi connectivity index (χ1) is 14.5. The van der Waals surface area contributed by atoms with Crippen LogP contribution in [0.25, 0.3) is 16.4 Å². The molecule has 0 saturated carbocycles. The fraction of sp³-hybridized carbons (Fsp3) is 0.136. The van der Waals surface area contributed by atoms with Gasteiger partial charge in [0.25, 0.3) is 5.91 Å². The number of nitrogens with zero attached hydrogens (tertiary/aromatic N) is 3. The second-order valence-electron chi connectivity index (χ2n) is 6.65. The molecule has 0 radical (unpaired) electrons. The molecule has 6 nitrogen and oxygen atoms in total. The zero-order chi connectivity index (χ0) is 21.3. The number of alkyl halides is 2. The van der Waals surface area contributed by atoms with E-state index in [9.17, 15) is 13.6 Å². The Morgan fingerprint density at radius 3 is 2.70 bits per heavy atom. The van der Waals surface area contributed by atoms with Crippen LogP contribution < -0.4 is 10.2 Å². The lowest BCUT2D eigenvalue weighted by molar-refractivity contribution is -0.0489. The first kappa shape index (κ1) is 19.5. The van der Waals surface area contributed by atoms with Crippen LogP contribution in [-0.4, -0.2) is 27.6 Å². The Bertz CT molecular complexity index is 1280. The van der Waals surface area contributed by atoms with Crippen molar-refractivity contribution in [1.29, 1.82) is 0 Å². The SMILES string of the molecule is CC(=NNC(=O)c1c(C)nc2ccccn12)c1ccc2ccccc2c1OC(F)F. The van der Waals surface area contributed by atoms with E-state index in [2.05, 4.69) is 15.5 Å². The summed E-state index contributed by atoms with van der Waals surface area (Å²) < 4.78 is 32.5. The predicted octanol–water partition coefficient (Wildman–Crippen LogP) is 4.55. The maximum atomic E-state index is 13.0. The summed E-state index contributed by atoms with van der Waals surface area (Å²) in [4.78, 5) is 17.1. The summed E-state index contributed by atoms with van der Waals surface area (Å²) in [7, 11) is 0. The number of halogens is 2. The van der Waals surface area contributed by atoms with Crippen LogP contribution in [0.4, 0.5) is 8.78 Å². The molecule has 1 amide bonds. The minimum atomic E-state index is -2.99. The molecule has 8 heteroatoms. The number of rotatable bonds is 5. The third kappa shape index (κ3) is 3.59. The van der Waals surface area contributed by atoms with Crippen LogP contribution in [0.5, 0.6) is 5.75 Å². The Morgan fingerprint density at radius 2 is 1.90 bits per heavy atom. The zero-order valence-electron chi connectivity index (χ0n) is 16.3. The average Bonchev–Trinajstić information content (AvgIpc) is 3.07. The van der Waals surface area contributed by atoms with Crippen molar-refractivity contribution in [3.8, 4) is 5.75 Å². The molecule has 0 unspecified atom stereocenters. The molecule has 4 rings (SSSR count). The summed E-state index contributed by atoms with van der Waals surface area (Å²) in [5.41, 5.74) is 4.73. The van der Waals surface area contributed by atoms with Crippen LogP contribution in [0.15, 0.2) is 65.9 Å². The standard InChI is InChI=1S/C22H18F2N4O2/c1-13(16-11-10-15-7-3-4-8-17(15)20(16)30-22(23)24)26-27-21(29)19-14(2)25-18-9-5-6-12-28(18)19/h3-12,22H,1-2H3,(H,27,29). The number of aryl methyl sites for hydroxylation is 1. The van der Waals surface area contributed by atoms with E-state index in [1.54, 1.807) is 66.9 Å². The summed E-state index contributed by atoms with van der Waals surface area (Å²) in [5.74, 6) is -0.438. The number of hydrogen-bond acceptors (Lipinski definition) is 4. The lowest BCUT2D eigenvalue weighted by Gasteiger charge is -2.14. The van der Waals surface area contributed by atoms with Crippen molar-refractivity contribution in [2.75, 3.05) is 0 Å². The number of benzene rings is 2. The van der Waals surface area contributed by atoms with E-state index in [4.69, 9.17) is 4.74 Å². The lowest BCUT2D eigenvalue weighted by atomic mass is 10.0. The van der Waals surface area contributed by atoms with Gasteiger partial charge in [-0.3, -0.25) is 9.20 Å². The summed E-state index contributed by atoms with van der Waals surface area (Å²) in [6.07, 6.45) is 1.73. The summed E-state index contributed by atoms with van der Waals surface area (Å²) in [6, 6.07) is 15.9. The number of fused-ring (bicyclic) bond motifs is 2. The number of ether oxygens (including phenoxy) is 1. The largest absolute Gasteiger partial charge is 0.433 e. The first-order valence-corrected chi connectivity index (χ1v) is 9.21. The molecule has 0 aliphatic carbocycles. The molecule has 152 valence electrons. The number of hydrazone groups is 1. The molecule has 0 aliphatic rings. The van der Waals surface area contributed by atoms with Gasteiger partial charge in [0.1, 0.15) is 17.1 Å². The van der Waals surface area contributed by atoms with Gasteiger partial charge in [0, 0.05) is 17.1 Å². The highest BCUT2D eigenvalue weighted by atomic mass is 19.3. The molecule has 2 aromatic carbocycles. The number of carbonyl (C=O) groups is 1. The number of nitrogens with one attached hydrogen (secondary N) is 1. The van der Waals surface area contributed by atoms with Crippen molar-refractivity contribution in [1.82, 2.24) is 14.8 Å². The van der Waals surface area contributed by atoms with Gasteiger partial charge in [0.05, 0.1) is 11.4 Å². The number of imidazole rings is 1. The fourth-order valence-corrected chi connectivity index (χ4v) is 3.38. The normalized spacial score (nSPS) is 12.0. The van der Waals surface area contributed by atoms with Gasteiger partial charge in [0.2, 0.25) is 0 Å². The van der Waals surface area contributed by atoms with Gasteiger partial charge in [-0.05, 0) is 37.4 Å². The van der Waals surface area contributed by atoms with E-state index in [0.717, 1.165) is 5.39 Å². The third-order valence-electron chi connectivity index (χ3n) is 4.72. The Balaban J connectivity index is 1.69. The van der Waals surface area contributed by atoms with Gasteiger partial charge in [0.15, 0.2) is 0 Å². The number of amides is 1. The number of aromatic nitrogens is 2. The highest BCUT2D eigenvalue weighted by molar-refractivity contribution is 6.07. The summed E-state index contributed by atoms with van der Waals surface area (Å²) >= 11 is 0. The lowest BCUT2D eigenvalue weighted by Crippen LogP contribution is -2.22.